The van der Waals surface area contributed by atoms with Crippen molar-refractivity contribution in [1.29, 1.82) is 0 Å². The molecule has 3 aliphatic heterocycles. The number of benzene rings is 5. The first-order valence-electron chi connectivity index (χ1n) is 20.3. The molecule has 0 bridgehead atoms. The van der Waals surface area contributed by atoms with Crippen molar-refractivity contribution in [3.8, 4) is 17.2 Å². The number of likely N-dealkylation sites (tertiary alicyclic amines) is 1. The summed E-state index contributed by atoms with van der Waals surface area (Å²) in [4.78, 5) is 49.9. The molecule has 8 rings (SSSR count). The second-order valence-electron chi connectivity index (χ2n) is 15.9. The number of ether oxygens (including phenoxy) is 2. The Kier molecular flexibility index (Phi) is 12.9. The smallest absolute Gasteiger partial charge is 0.263 e. The molecule has 1 fully saturated rings. The van der Waals surface area contributed by atoms with Crippen LogP contribution in [0.1, 0.15) is 41.5 Å². The van der Waals surface area contributed by atoms with E-state index in [1.807, 2.05) is 73.7 Å². The molecule has 320 valence electrons. The van der Waals surface area contributed by atoms with Gasteiger partial charge in [0.25, 0.3) is 17.6 Å². The predicted molar refractivity (Wildman–Crippen MR) is 250 cm³/mol. The van der Waals surface area contributed by atoms with Crippen LogP contribution in [0, 0.1) is 0 Å². The van der Waals surface area contributed by atoms with Crippen LogP contribution in [0.15, 0.2) is 103 Å². The first kappa shape index (κ1) is 43.2. The van der Waals surface area contributed by atoms with Crippen LogP contribution in [-0.2, 0) is 24.5 Å². The topological polar surface area (TPSA) is 132 Å². The van der Waals surface area contributed by atoms with Crippen molar-refractivity contribution in [3.05, 3.63) is 125 Å². The van der Waals surface area contributed by atoms with Crippen LogP contribution < -0.4 is 19.4 Å². The minimum absolute atomic E-state index is 0.0333. The number of hydrogen-bond donors (Lipinski definition) is 2. The van der Waals surface area contributed by atoms with E-state index >= 15 is 0 Å². The number of nitrogens with zero attached hydrogens (tertiary/aromatic N) is 3. The zero-order valence-electron chi connectivity index (χ0n) is 33.9. The molecule has 3 unspecified atom stereocenters. The van der Waals surface area contributed by atoms with Gasteiger partial charge in [-0.1, -0.05) is 79.2 Å². The molecule has 3 N–H and O–H groups in total. The van der Waals surface area contributed by atoms with Gasteiger partial charge in [0.2, 0.25) is 5.91 Å². The Morgan fingerprint density at radius 2 is 1.61 bits per heavy atom. The quantitative estimate of drug-likeness (QED) is 0.0217. The van der Waals surface area contributed by atoms with Crippen LogP contribution in [0.3, 0.4) is 0 Å². The summed E-state index contributed by atoms with van der Waals surface area (Å²) in [5.41, 5.74) is 5.33. The zero-order chi connectivity index (χ0) is 43.5. The molecule has 3 heterocycles. The fraction of sp³-hybridized carbons (Fsp3) is 0.271. The minimum atomic E-state index is -0.558. The molecule has 11 nitrogen and oxygen atoms in total. The van der Waals surface area contributed by atoms with Gasteiger partial charge in [-0.15, -0.1) is 11.6 Å². The number of carbonyl (C=O) groups is 3. The van der Waals surface area contributed by atoms with Crippen molar-refractivity contribution < 1.29 is 39.1 Å². The van der Waals surface area contributed by atoms with Crippen molar-refractivity contribution in [2.24, 2.45) is 0 Å². The van der Waals surface area contributed by atoms with Crippen LogP contribution in [-0.4, -0.2) is 90.1 Å². The summed E-state index contributed by atoms with van der Waals surface area (Å²) in [5, 5.41) is 21.8. The Labute approximate surface area is 374 Å². The Morgan fingerprint density at radius 3 is 2.34 bits per heavy atom. The number of amides is 3. The fourth-order valence-corrected chi connectivity index (χ4v) is 9.53. The van der Waals surface area contributed by atoms with Crippen molar-refractivity contribution in [1.82, 2.24) is 4.90 Å². The highest BCUT2D eigenvalue weighted by Crippen LogP contribution is 2.49. The molecule has 0 spiro atoms. The first-order valence-corrected chi connectivity index (χ1v) is 21.8. The van der Waals surface area contributed by atoms with Gasteiger partial charge >= 0.3 is 0 Å². The molecular formula is C48H46Cl2N3O8S+. The van der Waals surface area contributed by atoms with Gasteiger partial charge in [-0.05, 0) is 51.7 Å². The monoisotopic (exact) mass is 894 g/mol. The van der Waals surface area contributed by atoms with E-state index in [0.29, 0.717) is 78.6 Å². The average molecular weight is 896 g/mol. The Morgan fingerprint density at radius 1 is 0.887 bits per heavy atom. The van der Waals surface area contributed by atoms with E-state index in [0.717, 1.165) is 27.3 Å². The molecule has 3 aliphatic rings. The zero-order valence-corrected chi connectivity index (χ0v) is 36.3. The summed E-state index contributed by atoms with van der Waals surface area (Å²) in [5.74, 6) is 0.644. The van der Waals surface area contributed by atoms with Crippen LogP contribution in [0.25, 0.3) is 33.7 Å². The molecule has 3 atom stereocenters. The molecule has 0 saturated carbocycles. The summed E-state index contributed by atoms with van der Waals surface area (Å²) in [6.45, 7) is 4.54. The van der Waals surface area contributed by atoms with Gasteiger partial charge in [-0.25, -0.2) is 5.26 Å². The highest BCUT2D eigenvalue weighted by Gasteiger charge is 2.42. The maximum absolute atomic E-state index is 14.0. The number of fused-ring (bicyclic) bond motifs is 6. The van der Waals surface area contributed by atoms with Crippen LogP contribution in [0.4, 0.5) is 11.4 Å². The molecule has 5 aromatic rings. The molecular weight excluding hydrogens is 850 g/mol. The molecule has 62 heavy (non-hydrogen) atoms. The van der Waals surface area contributed by atoms with Gasteiger partial charge in [0.1, 0.15) is 12.4 Å². The number of alkyl halides is 1. The number of hydrogen-bond acceptors (Lipinski definition) is 8. The summed E-state index contributed by atoms with van der Waals surface area (Å²) in [6, 6.07) is 24.1. The van der Waals surface area contributed by atoms with E-state index in [-0.39, 0.29) is 53.7 Å². The van der Waals surface area contributed by atoms with E-state index in [4.69, 9.17) is 42.7 Å². The molecule has 0 aliphatic carbocycles. The standard InChI is InChI=1S/C48H45Cl2N3O8S/c1-48(28-50)29-53(39-25-42(61-58)35-7-3-5-9-37(35)47(39)48)44(56)14-11-30-10-12-31(41(22-30)60-21-20-59-19-18-51-27-33(62)23-45(51)57)13-15-43(55)52-26-32(16-17-49)46-36-8-4-2-6-34(36)40(54)24-38(46)52/h2-17,22,24-25,32-33,54,58,62H,18-21,23,26-29H2,1H3/p+1/b14-11+,15-13+,17-16+. The average Bonchev–Trinajstić information content (AvgIpc) is 3.92. The van der Waals surface area contributed by atoms with Crippen LogP contribution in [0.2, 0.25) is 0 Å². The van der Waals surface area contributed by atoms with Crippen molar-refractivity contribution in [3.63, 3.8) is 0 Å². The molecule has 0 aromatic heterocycles. The van der Waals surface area contributed by atoms with Crippen molar-refractivity contribution >= 4 is 98.6 Å². The van der Waals surface area contributed by atoms with E-state index in [1.165, 1.54) is 17.7 Å². The summed E-state index contributed by atoms with van der Waals surface area (Å²) in [6.07, 6.45) is 8.64. The second kappa shape index (κ2) is 18.5. The van der Waals surface area contributed by atoms with E-state index in [1.54, 1.807) is 45.1 Å². The summed E-state index contributed by atoms with van der Waals surface area (Å²) in [7, 11) is 0. The van der Waals surface area contributed by atoms with Crippen LogP contribution >= 0.6 is 35.8 Å². The summed E-state index contributed by atoms with van der Waals surface area (Å²) >= 11 is 17.0. The maximum Gasteiger partial charge on any atom is 0.263 e. The number of rotatable bonds is 14. The number of anilines is 2. The van der Waals surface area contributed by atoms with Crippen molar-refractivity contribution in [2.45, 2.75) is 29.9 Å². The lowest BCUT2D eigenvalue weighted by molar-refractivity contribution is -0.136. The Balaban J connectivity index is 1.04. The third-order valence-electron chi connectivity index (χ3n) is 11.8. The third kappa shape index (κ3) is 8.50. The number of halogens is 2. The molecule has 1 saturated heterocycles. The SMILES string of the molecule is CC1(CCl)CN(C(=O)/C=C/c2ccc(/C=C/C(=O)N3CC(/C=C/Cl)c4c3cc([OH2+])c3ccccc43)c(OCCOCCN3CC(S)CC3=O)c2)c2cc(OO)c3ccccc3c21. The second-order valence-corrected chi connectivity index (χ2v) is 17.2. The number of carbonyl (C=O) groups excluding carboxylic acids is 3. The van der Waals surface area contributed by atoms with Gasteiger partial charge in [-0.3, -0.25) is 14.4 Å². The lowest BCUT2D eigenvalue weighted by atomic mass is 9.83. The predicted octanol–water partition coefficient (Wildman–Crippen LogP) is 8.66. The van der Waals surface area contributed by atoms with Gasteiger partial charge < -0.3 is 34.2 Å². The normalized spacial score (nSPS) is 19.8. The summed E-state index contributed by atoms with van der Waals surface area (Å²) < 4.78 is 12.1. The third-order valence-corrected chi connectivity index (χ3v) is 12.9. The molecule has 14 heteroatoms. The molecule has 3 amide bonds. The molecule has 0 radical (unpaired) electrons. The number of thiol groups is 1. The van der Waals surface area contributed by atoms with Gasteiger partial charge in [0, 0.05) is 89.8 Å². The fourth-order valence-electron chi connectivity index (χ4n) is 8.79. The van der Waals surface area contributed by atoms with Gasteiger partial charge in [0.05, 0.1) is 36.0 Å². The van der Waals surface area contributed by atoms with E-state index < -0.39 is 5.41 Å². The largest absolute Gasteiger partial charge is 0.593 e. The van der Waals surface area contributed by atoms with E-state index in [2.05, 4.69) is 12.6 Å². The first-order chi connectivity index (χ1) is 30.0. The lowest BCUT2D eigenvalue weighted by Gasteiger charge is -2.23. The highest BCUT2D eigenvalue weighted by atomic mass is 35.5. The van der Waals surface area contributed by atoms with Crippen molar-refractivity contribution in [2.75, 3.05) is 61.7 Å². The van der Waals surface area contributed by atoms with Gasteiger partial charge in [0.15, 0.2) is 5.75 Å². The molecule has 5 aromatic carbocycles. The maximum atomic E-state index is 14.0. The van der Waals surface area contributed by atoms with Gasteiger partial charge in [-0.2, -0.15) is 12.6 Å². The van der Waals surface area contributed by atoms with E-state index in [9.17, 15) is 19.6 Å². The lowest BCUT2D eigenvalue weighted by Crippen LogP contribution is -2.35. The Bertz CT molecular complexity index is 2650. The van der Waals surface area contributed by atoms with Crippen LogP contribution in [0.5, 0.6) is 17.2 Å². The highest BCUT2D eigenvalue weighted by molar-refractivity contribution is 7.81. The Hall–Kier alpha value is -5.50. The minimum Gasteiger partial charge on any atom is -0.593 e.